The molecule has 6 nitrogen and oxygen atoms in total. The maximum absolute atomic E-state index is 12.5. The SMILES string of the molecule is CCN(C)C=Nc1cc(C)c(C(=O)OCc2ccc(C)c([NH2+]O)c2)cc1C. The molecular formula is C21H28N3O3+. The highest BCUT2D eigenvalue weighted by Gasteiger charge is 2.14. The number of benzene rings is 2. The number of esters is 1. The minimum absolute atomic E-state index is 0.152. The van der Waals surface area contributed by atoms with Gasteiger partial charge in [0, 0.05) is 25.2 Å². The second kappa shape index (κ2) is 9.30. The lowest BCUT2D eigenvalue weighted by Crippen LogP contribution is -2.74. The molecule has 0 spiro atoms. The van der Waals surface area contributed by atoms with Crippen molar-refractivity contribution in [3.63, 3.8) is 0 Å². The maximum atomic E-state index is 12.5. The van der Waals surface area contributed by atoms with E-state index in [4.69, 9.17) is 4.74 Å². The van der Waals surface area contributed by atoms with Crippen molar-refractivity contribution in [1.82, 2.24) is 4.90 Å². The molecule has 6 heteroatoms. The molecule has 27 heavy (non-hydrogen) atoms. The first-order valence-corrected chi connectivity index (χ1v) is 8.95. The van der Waals surface area contributed by atoms with Gasteiger partial charge in [-0.1, -0.05) is 12.1 Å². The zero-order chi connectivity index (χ0) is 20.0. The van der Waals surface area contributed by atoms with Crippen molar-refractivity contribution in [1.29, 1.82) is 0 Å². The van der Waals surface area contributed by atoms with E-state index in [1.54, 1.807) is 6.34 Å². The molecular weight excluding hydrogens is 342 g/mol. The van der Waals surface area contributed by atoms with Gasteiger partial charge in [-0.25, -0.2) is 15.0 Å². The number of rotatable bonds is 7. The Kier molecular flexibility index (Phi) is 7.10. The second-order valence-electron chi connectivity index (χ2n) is 6.67. The summed E-state index contributed by atoms with van der Waals surface area (Å²) >= 11 is 0. The molecule has 0 aliphatic heterocycles. The lowest BCUT2D eigenvalue weighted by Gasteiger charge is -2.12. The lowest BCUT2D eigenvalue weighted by atomic mass is 10.0. The monoisotopic (exact) mass is 370 g/mol. The van der Waals surface area contributed by atoms with Crippen LogP contribution in [0.1, 0.15) is 39.5 Å². The van der Waals surface area contributed by atoms with Crippen LogP contribution in [0.2, 0.25) is 0 Å². The van der Waals surface area contributed by atoms with Gasteiger partial charge in [0.2, 0.25) is 0 Å². The maximum Gasteiger partial charge on any atom is 0.338 e. The molecule has 2 rings (SSSR count). The Morgan fingerprint density at radius 3 is 2.59 bits per heavy atom. The summed E-state index contributed by atoms with van der Waals surface area (Å²) < 4.78 is 5.46. The Hall–Kier alpha value is -2.70. The summed E-state index contributed by atoms with van der Waals surface area (Å²) in [7, 11) is 1.96. The minimum Gasteiger partial charge on any atom is -0.457 e. The average Bonchev–Trinajstić information content (AvgIpc) is 2.66. The average molecular weight is 370 g/mol. The van der Waals surface area contributed by atoms with Crippen LogP contribution < -0.4 is 5.48 Å². The number of aliphatic imine (C=N–C) groups is 1. The van der Waals surface area contributed by atoms with Crippen molar-refractivity contribution in [3.8, 4) is 0 Å². The Labute approximate surface area is 160 Å². The van der Waals surface area contributed by atoms with E-state index in [2.05, 4.69) is 11.9 Å². The minimum atomic E-state index is -0.369. The van der Waals surface area contributed by atoms with E-state index in [0.29, 0.717) is 5.56 Å². The third kappa shape index (κ3) is 5.39. The van der Waals surface area contributed by atoms with E-state index < -0.39 is 0 Å². The molecule has 0 heterocycles. The predicted molar refractivity (Wildman–Crippen MR) is 106 cm³/mol. The van der Waals surface area contributed by atoms with E-state index in [1.165, 1.54) is 0 Å². The van der Waals surface area contributed by atoms with Crippen LogP contribution in [0.3, 0.4) is 0 Å². The Bertz CT molecular complexity index is 847. The highest BCUT2D eigenvalue weighted by Crippen LogP contribution is 2.24. The first-order valence-electron chi connectivity index (χ1n) is 8.95. The van der Waals surface area contributed by atoms with Gasteiger partial charge in [-0.3, -0.25) is 0 Å². The van der Waals surface area contributed by atoms with Gasteiger partial charge in [-0.2, -0.15) is 5.48 Å². The molecule has 0 saturated carbocycles. The number of hydrogen-bond acceptors (Lipinski definition) is 4. The molecule has 0 aromatic heterocycles. The summed E-state index contributed by atoms with van der Waals surface area (Å²) in [4.78, 5) is 19.0. The highest BCUT2D eigenvalue weighted by molar-refractivity contribution is 5.92. The molecule has 3 N–H and O–H groups in total. The molecule has 0 fully saturated rings. The number of ether oxygens (including phenoxy) is 1. The van der Waals surface area contributed by atoms with E-state index in [1.807, 2.05) is 63.1 Å². The summed E-state index contributed by atoms with van der Waals surface area (Å²) in [5.41, 5.74) is 6.68. The molecule has 144 valence electrons. The second-order valence-corrected chi connectivity index (χ2v) is 6.67. The number of aryl methyl sites for hydroxylation is 3. The van der Waals surface area contributed by atoms with E-state index in [-0.39, 0.29) is 12.6 Å². The van der Waals surface area contributed by atoms with Gasteiger partial charge in [-0.15, -0.1) is 0 Å². The molecule has 0 aliphatic carbocycles. The van der Waals surface area contributed by atoms with E-state index in [0.717, 1.165) is 45.7 Å². The van der Waals surface area contributed by atoms with Gasteiger partial charge in [0.25, 0.3) is 0 Å². The first kappa shape index (κ1) is 20.6. The zero-order valence-corrected chi connectivity index (χ0v) is 16.6. The third-order valence-electron chi connectivity index (χ3n) is 4.51. The van der Waals surface area contributed by atoms with Crippen LogP contribution in [0.5, 0.6) is 0 Å². The van der Waals surface area contributed by atoms with Crippen molar-refractivity contribution in [2.24, 2.45) is 4.99 Å². The summed E-state index contributed by atoms with van der Waals surface area (Å²) in [6.45, 7) is 8.80. The molecule has 0 bridgehead atoms. The topological polar surface area (TPSA) is 78.7 Å². The third-order valence-corrected chi connectivity index (χ3v) is 4.51. The normalized spacial score (nSPS) is 11.0. The number of carbonyl (C=O) groups is 1. The van der Waals surface area contributed by atoms with Gasteiger partial charge in [0.15, 0.2) is 5.69 Å². The van der Waals surface area contributed by atoms with Crippen LogP contribution in [0.25, 0.3) is 0 Å². The number of carbonyl (C=O) groups excluding carboxylic acids is 1. The number of nitrogens with zero attached hydrogens (tertiary/aromatic N) is 2. The quantitative estimate of drug-likeness (QED) is 0.258. The van der Waals surface area contributed by atoms with Crippen molar-refractivity contribution in [2.45, 2.75) is 34.3 Å². The summed E-state index contributed by atoms with van der Waals surface area (Å²) in [5, 5.41) is 9.24. The Morgan fingerprint density at radius 1 is 1.19 bits per heavy atom. The molecule has 0 unspecified atom stereocenters. The summed E-state index contributed by atoms with van der Waals surface area (Å²) in [5.74, 6) is -0.369. The van der Waals surface area contributed by atoms with Crippen LogP contribution >= 0.6 is 0 Å². The fourth-order valence-electron chi connectivity index (χ4n) is 2.55. The summed E-state index contributed by atoms with van der Waals surface area (Å²) in [6.07, 6.45) is 1.78. The van der Waals surface area contributed by atoms with E-state index >= 15 is 0 Å². The van der Waals surface area contributed by atoms with Crippen molar-refractivity contribution in [3.05, 3.63) is 58.1 Å². The highest BCUT2D eigenvalue weighted by atomic mass is 16.5. The predicted octanol–water partition coefficient (Wildman–Crippen LogP) is 3.16. The van der Waals surface area contributed by atoms with Crippen molar-refractivity contribution in [2.75, 3.05) is 13.6 Å². The largest absolute Gasteiger partial charge is 0.457 e. The first-order chi connectivity index (χ1) is 12.8. The van der Waals surface area contributed by atoms with Crippen LogP contribution in [0.4, 0.5) is 11.4 Å². The van der Waals surface area contributed by atoms with Crippen LogP contribution in [-0.4, -0.2) is 36.0 Å². The molecule has 0 atom stereocenters. The standard InChI is InChI=1S/C21H27N3O3/c1-6-24(5)13-22-19-10-15(3)18(9-16(19)4)21(25)27-12-17-8-7-14(2)20(11-17)23-26/h7-11,13,23,26H,6,12H2,1-5H3/p+1. The summed E-state index contributed by atoms with van der Waals surface area (Å²) in [6, 6.07) is 9.30. The number of quaternary nitrogens is 1. The van der Waals surface area contributed by atoms with Gasteiger partial charge in [0.1, 0.15) is 6.61 Å². The molecule has 0 aliphatic rings. The smallest absolute Gasteiger partial charge is 0.338 e. The number of nitrogens with two attached hydrogens (primary N) is 1. The fraction of sp³-hybridized carbons (Fsp3) is 0.333. The van der Waals surface area contributed by atoms with Gasteiger partial charge in [0.05, 0.1) is 17.6 Å². The lowest BCUT2D eigenvalue weighted by molar-refractivity contribution is -0.826. The molecule has 2 aromatic carbocycles. The van der Waals surface area contributed by atoms with Gasteiger partial charge in [-0.05, 0) is 56.5 Å². The zero-order valence-electron chi connectivity index (χ0n) is 16.6. The van der Waals surface area contributed by atoms with Gasteiger partial charge >= 0.3 is 5.97 Å². The number of hydrogen-bond donors (Lipinski definition) is 2. The van der Waals surface area contributed by atoms with Crippen molar-refractivity contribution >= 4 is 23.7 Å². The molecule has 0 amide bonds. The van der Waals surface area contributed by atoms with Crippen LogP contribution in [-0.2, 0) is 11.3 Å². The Morgan fingerprint density at radius 2 is 1.93 bits per heavy atom. The van der Waals surface area contributed by atoms with Gasteiger partial charge < -0.3 is 9.64 Å². The Balaban J connectivity index is 2.12. The fourth-order valence-corrected chi connectivity index (χ4v) is 2.55. The van der Waals surface area contributed by atoms with Crippen LogP contribution in [0.15, 0.2) is 35.3 Å². The molecule has 0 radical (unpaired) electrons. The molecule has 0 saturated heterocycles. The van der Waals surface area contributed by atoms with E-state index in [9.17, 15) is 10.0 Å². The van der Waals surface area contributed by atoms with Crippen LogP contribution in [0, 0.1) is 20.8 Å². The van der Waals surface area contributed by atoms with Crippen molar-refractivity contribution < 1.29 is 20.2 Å². The molecule has 2 aromatic rings.